The Bertz CT molecular complexity index is 393. The predicted molar refractivity (Wildman–Crippen MR) is 52.7 cm³/mol. The molecule has 2 heteroatoms. The summed E-state index contributed by atoms with van der Waals surface area (Å²) in [5.41, 5.74) is 1.31. The lowest BCUT2D eigenvalue weighted by atomic mass is 9.93. The van der Waals surface area contributed by atoms with Crippen LogP contribution in [0.2, 0.25) is 0 Å². The quantitative estimate of drug-likeness (QED) is 0.644. The number of hydrogen-bond donors (Lipinski definition) is 1. The smallest absolute Gasteiger partial charge is 0.130 e. The lowest BCUT2D eigenvalue weighted by Crippen LogP contribution is -2.17. The third-order valence-electron chi connectivity index (χ3n) is 2.64. The zero-order valence-corrected chi connectivity index (χ0v) is 7.14. The van der Waals surface area contributed by atoms with E-state index in [-0.39, 0.29) is 0 Å². The number of anilines is 1. The van der Waals surface area contributed by atoms with Crippen LogP contribution < -0.4 is 5.32 Å². The van der Waals surface area contributed by atoms with Gasteiger partial charge in [-0.15, -0.1) is 0 Å². The highest BCUT2D eigenvalue weighted by atomic mass is 15.0. The third kappa shape index (κ3) is 0.917. The largest absolute Gasteiger partial charge is 0.363 e. The van der Waals surface area contributed by atoms with Gasteiger partial charge in [-0.1, -0.05) is 30.4 Å². The van der Waals surface area contributed by atoms with Gasteiger partial charge in [0.2, 0.25) is 0 Å². The normalized spacial score (nSPS) is 28.0. The Balaban J connectivity index is 2.12. The van der Waals surface area contributed by atoms with E-state index in [0.717, 1.165) is 5.82 Å². The van der Waals surface area contributed by atoms with Crippen molar-refractivity contribution in [2.24, 2.45) is 0 Å². The molecule has 0 saturated heterocycles. The van der Waals surface area contributed by atoms with E-state index in [9.17, 15) is 0 Å². The van der Waals surface area contributed by atoms with Crippen molar-refractivity contribution < 1.29 is 0 Å². The Morgan fingerprint density at radius 1 is 1.23 bits per heavy atom. The average Bonchev–Trinajstić information content (AvgIpc) is 2.56. The van der Waals surface area contributed by atoms with Crippen LogP contribution in [0.5, 0.6) is 0 Å². The number of hydrogen-bond acceptors (Lipinski definition) is 2. The van der Waals surface area contributed by atoms with Gasteiger partial charge < -0.3 is 5.32 Å². The summed E-state index contributed by atoms with van der Waals surface area (Å²) >= 11 is 0. The van der Waals surface area contributed by atoms with Gasteiger partial charge in [0.25, 0.3) is 0 Å². The van der Waals surface area contributed by atoms with Crippen molar-refractivity contribution in [3.05, 3.63) is 48.2 Å². The molecule has 0 amide bonds. The Morgan fingerprint density at radius 3 is 3.15 bits per heavy atom. The highest BCUT2D eigenvalue weighted by Crippen LogP contribution is 2.36. The van der Waals surface area contributed by atoms with E-state index >= 15 is 0 Å². The Hall–Kier alpha value is -1.57. The molecule has 1 aromatic rings. The van der Waals surface area contributed by atoms with Crippen molar-refractivity contribution in [3.63, 3.8) is 0 Å². The maximum atomic E-state index is 4.30. The van der Waals surface area contributed by atoms with E-state index < -0.39 is 0 Å². The summed E-state index contributed by atoms with van der Waals surface area (Å²) in [6.45, 7) is 0. The molecule has 64 valence electrons. The summed E-state index contributed by atoms with van der Waals surface area (Å²) in [5.74, 6) is 1.52. The second-order valence-corrected chi connectivity index (χ2v) is 3.41. The summed E-state index contributed by atoms with van der Waals surface area (Å²) in [4.78, 5) is 4.30. The molecule has 2 heterocycles. The molecule has 2 atom stereocenters. The summed E-state index contributed by atoms with van der Waals surface area (Å²) in [6, 6.07) is 4.55. The first-order chi connectivity index (χ1) is 6.45. The molecular weight excluding hydrogens is 160 g/mol. The second kappa shape index (κ2) is 2.46. The van der Waals surface area contributed by atoms with Crippen molar-refractivity contribution >= 4 is 5.82 Å². The maximum Gasteiger partial charge on any atom is 0.130 e. The topological polar surface area (TPSA) is 24.9 Å². The Morgan fingerprint density at radius 2 is 2.15 bits per heavy atom. The SMILES string of the molecule is C1=CC2Nc3ncccc3C2C=C1. The van der Waals surface area contributed by atoms with Gasteiger partial charge in [0, 0.05) is 17.7 Å². The standard InChI is InChI=1S/C11H10N2/c1-2-6-10-8(4-1)9-5-3-7-12-11(9)13-10/h1-8,10H,(H,12,13). The minimum Gasteiger partial charge on any atom is -0.363 e. The maximum absolute atomic E-state index is 4.30. The lowest BCUT2D eigenvalue weighted by molar-refractivity contribution is 0.805. The molecule has 0 radical (unpaired) electrons. The zero-order chi connectivity index (χ0) is 8.67. The van der Waals surface area contributed by atoms with Crippen LogP contribution in [-0.2, 0) is 0 Å². The monoisotopic (exact) mass is 170 g/mol. The molecule has 0 spiro atoms. The predicted octanol–water partition coefficient (Wildman–Crippen LogP) is 2.09. The number of pyridine rings is 1. The molecule has 0 saturated carbocycles. The van der Waals surface area contributed by atoms with Gasteiger partial charge in [-0.2, -0.15) is 0 Å². The fourth-order valence-corrected chi connectivity index (χ4v) is 2.01. The molecule has 0 bridgehead atoms. The molecule has 2 nitrogen and oxygen atoms in total. The van der Waals surface area contributed by atoms with E-state index in [0.29, 0.717) is 12.0 Å². The molecule has 1 aliphatic heterocycles. The van der Waals surface area contributed by atoms with Crippen LogP contribution in [0.3, 0.4) is 0 Å². The van der Waals surface area contributed by atoms with Gasteiger partial charge in [-0.25, -0.2) is 4.98 Å². The second-order valence-electron chi connectivity index (χ2n) is 3.41. The number of fused-ring (bicyclic) bond motifs is 3. The minimum absolute atomic E-state index is 0.412. The van der Waals surface area contributed by atoms with E-state index in [1.165, 1.54) is 5.56 Å². The molecule has 1 N–H and O–H groups in total. The van der Waals surface area contributed by atoms with Crippen LogP contribution in [0.15, 0.2) is 42.6 Å². The van der Waals surface area contributed by atoms with Gasteiger partial charge in [0.05, 0.1) is 6.04 Å². The number of nitrogens with zero attached hydrogens (tertiary/aromatic N) is 1. The van der Waals surface area contributed by atoms with Crippen LogP contribution in [0.1, 0.15) is 11.5 Å². The van der Waals surface area contributed by atoms with E-state index in [2.05, 4.69) is 40.7 Å². The number of aromatic nitrogens is 1. The van der Waals surface area contributed by atoms with Crippen molar-refractivity contribution in [1.29, 1.82) is 0 Å². The van der Waals surface area contributed by atoms with Crippen molar-refractivity contribution in [2.45, 2.75) is 12.0 Å². The van der Waals surface area contributed by atoms with Gasteiger partial charge >= 0.3 is 0 Å². The average molecular weight is 170 g/mol. The number of rotatable bonds is 0. The third-order valence-corrected chi connectivity index (χ3v) is 2.64. The van der Waals surface area contributed by atoms with E-state index in [4.69, 9.17) is 0 Å². The zero-order valence-electron chi connectivity index (χ0n) is 7.14. The molecule has 1 aromatic heterocycles. The molecule has 13 heavy (non-hydrogen) atoms. The number of nitrogens with one attached hydrogen (secondary N) is 1. The Labute approximate surface area is 77.0 Å². The Kier molecular flexibility index (Phi) is 1.30. The number of allylic oxidation sites excluding steroid dienone is 2. The minimum atomic E-state index is 0.412. The van der Waals surface area contributed by atoms with Crippen LogP contribution in [0.4, 0.5) is 5.82 Å². The molecule has 3 rings (SSSR count). The summed E-state index contributed by atoms with van der Waals surface area (Å²) in [6.07, 6.45) is 10.4. The van der Waals surface area contributed by atoms with Crippen LogP contribution in [-0.4, -0.2) is 11.0 Å². The molecule has 0 fully saturated rings. The molecular formula is C11H10N2. The van der Waals surface area contributed by atoms with E-state index in [1.807, 2.05) is 12.3 Å². The highest BCUT2D eigenvalue weighted by molar-refractivity contribution is 5.58. The molecule has 0 aromatic carbocycles. The summed E-state index contributed by atoms with van der Waals surface area (Å²) in [5, 5.41) is 3.39. The van der Waals surface area contributed by atoms with Gasteiger partial charge in [0.15, 0.2) is 0 Å². The first kappa shape index (κ1) is 6.89. The van der Waals surface area contributed by atoms with Gasteiger partial charge in [0.1, 0.15) is 5.82 Å². The lowest BCUT2D eigenvalue weighted by Gasteiger charge is -2.14. The molecule has 2 unspecified atom stereocenters. The highest BCUT2D eigenvalue weighted by Gasteiger charge is 2.29. The molecule has 2 aliphatic rings. The van der Waals surface area contributed by atoms with Gasteiger partial charge in [-0.05, 0) is 6.07 Å². The van der Waals surface area contributed by atoms with Crippen LogP contribution in [0, 0.1) is 0 Å². The molecule has 1 aliphatic carbocycles. The fourth-order valence-electron chi connectivity index (χ4n) is 2.01. The van der Waals surface area contributed by atoms with Crippen LogP contribution in [0.25, 0.3) is 0 Å². The van der Waals surface area contributed by atoms with Crippen molar-refractivity contribution in [3.8, 4) is 0 Å². The van der Waals surface area contributed by atoms with Gasteiger partial charge in [-0.3, -0.25) is 0 Å². The summed E-state index contributed by atoms with van der Waals surface area (Å²) in [7, 11) is 0. The first-order valence-electron chi connectivity index (χ1n) is 4.51. The van der Waals surface area contributed by atoms with E-state index in [1.54, 1.807) is 0 Å². The first-order valence-corrected chi connectivity index (χ1v) is 4.51. The fraction of sp³-hybridized carbons (Fsp3) is 0.182. The van der Waals surface area contributed by atoms with Crippen molar-refractivity contribution in [2.75, 3.05) is 5.32 Å². The van der Waals surface area contributed by atoms with Crippen molar-refractivity contribution in [1.82, 2.24) is 4.98 Å². The summed E-state index contributed by atoms with van der Waals surface area (Å²) < 4.78 is 0. The van der Waals surface area contributed by atoms with Crippen LogP contribution >= 0.6 is 0 Å².